The lowest BCUT2D eigenvalue weighted by Gasteiger charge is -2.23. The van der Waals surface area contributed by atoms with Gasteiger partial charge in [0.25, 0.3) is 5.91 Å². The Morgan fingerprint density at radius 3 is 2.73 bits per heavy atom. The lowest BCUT2D eigenvalue weighted by molar-refractivity contribution is -0.122. The Morgan fingerprint density at radius 1 is 1.20 bits per heavy atom. The Hall–Kier alpha value is -3.19. The second-order valence-corrected chi connectivity index (χ2v) is 7.25. The van der Waals surface area contributed by atoms with Crippen molar-refractivity contribution in [3.05, 3.63) is 64.7 Å². The van der Waals surface area contributed by atoms with Gasteiger partial charge < -0.3 is 15.0 Å². The van der Waals surface area contributed by atoms with Gasteiger partial charge in [0, 0.05) is 24.3 Å². The maximum Gasteiger partial charge on any atom is 0.341 e. The summed E-state index contributed by atoms with van der Waals surface area (Å²) in [4.78, 5) is 42.6. The highest BCUT2D eigenvalue weighted by Gasteiger charge is 2.22. The molecule has 3 amide bonds. The van der Waals surface area contributed by atoms with Crippen LogP contribution in [-0.4, -0.2) is 43.5 Å². The maximum atomic E-state index is 13.2. The molecule has 1 aliphatic rings. The Morgan fingerprint density at radius 2 is 2.00 bits per heavy atom. The second-order valence-electron chi connectivity index (χ2n) is 7.25. The molecule has 0 spiro atoms. The van der Waals surface area contributed by atoms with Crippen LogP contribution in [0, 0.1) is 6.92 Å². The van der Waals surface area contributed by atoms with Crippen LogP contribution in [-0.2, 0) is 22.6 Å². The van der Waals surface area contributed by atoms with Gasteiger partial charge >= 0.3 is 6.03 Å². The molecule has 1 heterocycles. The van der Waals surface area contributed by atoms with Crippen LogP contribution in [0.2, 0.25) is 0 Å². The van der Waals surface area contributed by atoms with Crippen molar-refractivity contribution in [2.75, 3.05) is 25.1 Å². The molecule has 2 aromatic rings. The predicted octanol–water partition coefficient (Wildman–Crippen LogP) is 3.25. The summed E-state index contributed by atoms with van der Waals surface area (Å²) in [5.41, 5.74) is 4.61. The highest BCUT2D eigenvalue weighted by atomic mass is 16.7. The van der Waals surface area contributed by atoms with Crippen molar-refractivity contribution in [1.82, 2.24) is 10.4 Å². The minimum absolute atomic E-state index is 0.0143. The SMILES string of the molecule is CON(CC=O)C(=O)NCc1ccc(C(=O)N2CCCCc3ccccc32)cc1C. The number of hydrogen-bond acceptors (Lipinski definition) is 4. The molecule has 0 aromatic heterocycles. The lowest BCUT2D eigenvalue weighted by Crippen LogP contribution is -2.40. The standard InChI is InChI=1S/C23H27N3O4/c1-17-15-19(10-11-20(17)16-24-23(29)26(30-2)13-14-27)22(28)25-12-6-5-8-18-7-3-4-9-21(18)25/h3-4,7,9-11,14-15H,5-6,8,12-13,16H2,1-2H3,(H,24,29). The number of hydrogen-bond donors (Lipinski definition) is 1. The zero-order chi connectivity index (χ0) is 21.5. The fourth-order valence-electron chi connectivity index (χ4n) is 3.65. The first-order valence-electron chi connectivity index (χ1n) is 10.1. The number of aryl methyl sites for hydroxylation is 2. The molecule has 30 heavy (non-hydrogen) atoms. The average Bonchev–Trinajstić information content (AvgIpc) is 2.98. The molecule has 7 nitrogen and oxygen atoms in total. The molecule has 2 aromatic carbocycles. The number of carbonyl (C=O) groups excluding carboxylic acids is 3. The van der Waals surface area contributed by atoms with Gasteiger partial charge in [-0.3, -0.25) is 9.63 Å². The first-order valence-corrected chi connectivity index (χ1v) is 10.1. The van der Waals surface area contributed by atoms with E-state index in [-0.39, 0.29) is 19.0 Å². The summed E-state index contributed by atoms with van der Waals surface area (Å²) in [6.07, 6.45) is 3.62. The molecule has 0 unspecified atom stereocenters. The molecule has 0 aliphatic carbocycles. The van der Waals surface area contributed by atoms with Crippen LogP contribution in [0.1, 0.15) is 39.9 Å². The van der Waals surface area contributed by atoms with Crippen LogP contribution in [0.5, 0.6) is 0 Å². The van der Waals surface area contributed by atoms with E-state index in [0.29, 0.717) is 18.4 Å². The molecule has 0 radical (unpaired) electrons. The van der Waals surface area contributed by atoms with Gasteiger partial charge in [-0.25, -0.2) is 4.79 Å². The van der Waals surface area contributed by atoms with E-state index in [0.717, 1.165) is 41.1 Å². The summed E-state index contributed by atoms with van der Waals surface area (Å²) in [6, 6.07) is 13.1. The molecule has 1 aliphatic heterocycles. The predicted molar refractivity (Wildman–Crippen MR) is 114 cm³/mol. The van der Waals surface area contributed by atoms with E-state index in [1.54, 1.807) is 6.07 Å². The zero-order valence-electron chi connectivity index (χ0n) is 17.4. The van der Waals surface area contributed by atoms with Gasteiger partial charge in [0.2, 0.25) is 0 Å². The lowest BCUT2D eigenvalue weighted by atomic mass is 10.0. The topological polar surface area (TPSA) is 79.0 Å². The highest BCUT2D eigenvalue weighted by Crippen LogP contribution is 2.28. The van der Waals surface area contributed by atoms with E-state index in [1.165, 1.54) is 12.7 Å². The van der Waals surface area contributed by atoms with Crippen LogP contribution in [0.25, 0.3) is 0 Å². The fourth-order valence-corrected chi connectivity index (χ4v) is 3.65. The Bertz CT molecular complexity index is 928. The number of carbonyl (C=O) groups is 3. The van der Waals surface area contributed by atoms with Crippen LogP contribution in [0.3, 0.4) is 0 Å². The summed E-state index contributed by atoms with van der Waals surface area (Å²) in [5, 5.41) is 3.66. The van der Waals surface area contributed by atoms with Crippen molar-refractivity contribution in [2.45, 2.75) is 32.7 Å². The van der Waals surface area contributed by atoms with Gasteiger partial charge in [0.05, 0.1) is 7.11 Å². The van der Waals surface area contributed by atoms with E-state index in [2.05, 4.69) is 11.4 Å². The number of nitrogens with one attached hydrogen (secondary N) is 1. The van der Waals surface area contributed by atoms with E-state index in [4.69, 9.17) is 4.84 Å². The summed E-state index contributed by atoms with van der Waals surface area (Å²) in [6.45, 7) is 2.74. The van der Waals surface area contributed by atoms with Gasteiger partial charge in [-0.15, -0.1) is 0 Å². The number of aldehydes is 1. The van der Waals surface area contributed by atoms with Crippen molar-refractivity contribution >= 4 is 23.9 Å². The maximum absolute atomic E-state index is 13.2. The molecule has 0 atom stereocenters. The van der Waals surface area contributed by atoms with E-state index in [9.17, 15) is 14.4 Å². The summed E-state index contributed by atoms with van der Waals surface area (Å²) < 4.78 is 0. The number of anilines is 1. The van der Waals surface area contributed by atoms with Crippen LogP contribution >= 0.6 is 0 Å². The summed E-state index contributed by atoms with van der Waals surface area (Å²) >= 11 is 0. The van der Waals surface area contributed by atoms with E-state index < -0.39 is 6.03 Å². The highest BCUT2D eigenvalue weighted by molar-refractivity contribution is 6.06. The van der Waals surface area contributed by atoms with Crippen LogP contribution in [0.15, 0.2) is 42.5 Å². The Labute approximate surface area is 176 Å². The van der Waals surface area contributed by atoms with Crippen LogP contribution in [0.4, 0.5) is 10.5 Å². The first-order chi connectivity index (χ1) is 14.5. The third-order valence-electron chi connectivity index (χ3n) is 5.31. The second kappa shape index (κ2) is 10.0. The molecule has 3 rings (SSSR count). The fraction of sp³-hybridized carbons (Fsp3) is 0.348. The number of benzene rings is 2. The molecule has 0 bridgehead atoms. The summed E-state index contributed by atoms with van der Waals surface area (Å²) in [7, 11) is 1.33. The number of urea groups is 1. The van der Waals surface area contributed by atoms with Gasteiger partial charge in [-0.05, 0) is 61.1 Å². The molecular formula is C23H27N3O4. The number of rotatable bonds is 6. The number of nitrogens with zero attached hydrogens (tertiary/aromatic N) is 2. The zero-order valence-corrected chi connectivity index (χ0v) is 17.4. The van der Waals surface area contributed by atoms with E-state index in [1.807, 2.05) is 42.2 Å². The Kier molecular flexibility index (Phi) is 7.19. The van der Waals surface area contributed by atoms with E-state index >= 15 is 0 Å². The quantitative estimate of drug-likeness (QED) is 0.587. The van der Waals surface area contributed by atoms with Gasteiger partial charge in [0.1, 0.15) is 12.8 Å². The van der Waals surface area contributed by atoms with Crippen LogP contribution < -0.4 is 10.2 Å². The normalized spacial score (nSPS) is 13.2. The first kappa shape index (κ1) is 21.5. The number of amides is 3. The Balaban J connectivity index is 1.73. The van der Waals surface area contributed by atoms with Crippen molar-refractivity contribution in [1.29, 1.82) is 0 Å². The minimum atomic E-state index is -0.495. The molecule has 1 N–H and O–H groups in total. The van der Waals surface area contributed by atoms with Crippen molar-refractivity contribution < 1.29 is 19.2 Å². The number of para-hydroxylation sites is 1. The van der Waals surface area contributed by atoms with Gasteiger partial charge in [-0.2, -0.15) is 5.06 Å². The van der Waals surface area contributed by atoms with Gasteiger partial charge in [0.15, 0.2) is 0 Å². The third kappa shape index (κ3) is 4.86. The summed E-state index contributed by atoms with van der Waals surface area (Å²) in [5.74, 6) is -0.0143. The number of fused-ring (bicyclic) bond motifs is 1. The molecule has 7 heteroatoms. The van der Waals surface area contributed by atoms with Crippen molar-refractivity contribution in [3.63, 3.8) is 0 Å². The molecule has 0 saturated heterocycles. The van der Waals surface area contributed by atoms with Crippen molar-refractivity contribution in [3.8, 4) is 0 Å². The van der Waals surface area contributed by atoms with Crippen molar-refractivity contribution in [2.24, 2.45) is 0 Å². The van der Waals surface area contributed by atoms with Gasteiger partial charge in [-0.1, -0.05) is 24.3 Å². The molecule has 0 fully saturated rings. The monoisotopic (exact) mass is 409 g/mol. The minimum Gasteiger partial charge on any atom is -0.332 e. The average molecular weight is 409 g/mol. The largest absolute Gasteiger partial charge is 0.341 e. The number of hydroxylamine groups is 2. The molecular weight excluding hydrogens is 382 g/mol. The molecule has 158 valence electrons. The smallest absolute Gasteiger partial charge is 0.332 e. The third-order valence-corrected chi connectivity index (χ3v) is 5.31. The molecule has 0 saturated carbocycles.